The summed E-state index contributed by atoms with van der Waals surface area (Å²) in [6.07, 6.45) is 7.13. The van der Waals surface area contributed by atoms with Crippen LogP contribution in [0, 0.1) is 6.92 Å². The van der Waals surface area contributed by atoms with Gasteiger partial charge in [-0.2, -0.15) is 0 Å². The molecule has 3 heteroatoms. The number of fused-ring (bicyclic) bond motifs is 10. The molecule has 0 N–H and O–H groups in total. The second-order valence-electron chi connectivity index (χ2n) is 29.1. The molecule has 4 aliphatic carbocycles. The smallest absolute Gasteiger partial charge is 0.252 e. The molecule has 2 nitrogen and oxygen atoms in total. The highest BCUT2D eigenvalue weighted by Gasteiger charge is 2.51. The average molecular weight is 937 g/mol. The van der Waals surface area contributed by atoms with Crippen molar-refractivity contribution >= 4 is 57.2 Å². The first-order valence-electron chi connectivity index (χ1n) is 27.5. The van der Waals surface area contributed by atoms with Gasteiger partial charge in [-0.15, -0.1) is 0 Å². The second kappa shape index (κ2) is 14.4. The largest absolute Gasteiger partial charge is 0.311 e. The predicted molar refractivity (Wildman–Crippen MR) is 307 cm³/mol. The molecule has 0 aromatic heterocycles. The van der Waals surface area contributed by atoms with Crippen LogP contribution < -0.4 is 26.2 Å². The summed E-state index contributed by atoms with van der Waals surface area (Å²) in [5.74, 6) is 0. The van der Waals surface area contributed by atoms with Crippen LogP contribution in [0.3, 0.4) is 0 Å². The summed E-state index contributed by atoms with van der Waals surface area (Å²) in [7, 11) is 0. The minimum Gasteiger partial charge on any atom is -0.311 e. The van der Waals surface area contributed by atoms with E-state index in [-0.39, 0.29) is 50.0 Å². The fraction of sp³-hybridized carbons (Fsp3) is 0.471. The van der Waals surface area contributed by atoms with Crippen LogP contribution in [0.2, 0.25) is 0 Å². The van der Waals surface area contributed by atoms with E-state index in [1.165, 1.54) is 156 Å². The molecule has 71 heavy (non-hydrogen) atoms. The molecular weight excluding hydrogens is 856 g/mol. The molecule has 2 heterocycles. The van der Waals surface area contributed by atoms with E-state index in [4.69, 9.17) is 0 Å². The van der Waals surface area contributed by atoms with Gasteiger partial charge in [0.25, 0.3) is 6.71 Å². The third-order valence-electron chi connectivity index (χ3n) is 20.0. The lowest BCUT2D eigenvalue weighted by atomic mass is 9.32. The summed E-state index contributed by atoms with van der Waals surface area (Å²) < 4.78 is 0. The summed E-state index contributed by atoms with van der Waals surface area (Å²) in [6.45, 7) is 44.6. The Hall–Kier alpha value is -5.02. The highest BCUT2D eigenvalue weighted by atomic mass is 15.2. The van der Waals surface area contributed by atoms with Crippen LogP contribution in [-0.4, -0.2) is 6.71 Å². The van der Waals surface area contributed by atoms with E-state index in [1.54, 1.807) is 0 Å². The van der Waals surface area contributed by atoms with Crippen molar-refractivity contribution < 1.29 is 0 Å². The molecule has 0 bridgehead atoms. The highest BCUT2D eigenvalue weighted by molar-refractivity contribution is 7.00. The second-order valence-corrected chi connectivity index (χ2v) is 29.1. The Labute approximate surface area is 429 Å². The molecule has 12 rings (SSSR count). The third-order valence-corrected chi connectivity index (χ3v) is 20.0. The van der Waals surface area contributed by atoms with Crippen molar-refractivity contribution in [1.29, 1.82) is 0 Å². The van der Waals surface area contributed by atoms with E-state index in [0.717, 1.165) is 0 Å². The number of hydrogen-bond acceptors (Lipinski definition) is 2. The first-order valence-corrected chi connectivity index (χ1v) is 27.5. The molecule has 6 aliphatic rings. The van der Waals surface area contributed by atoms with E-state index < -0.39 is 0 Å². The first-order chi connectivity index (χ1) is 33.0. The number of aryl methyl sites for hydroxylation is 1. The van der Waals surface area contributed by atoms with E-state index in [1.807, 2.05) is 0 Å². The van der Waals surface area contributed by atoms with Gasteiger partial charge < -0.3 is 9.80 Å². The minimum atomic E-state index is -0.224. The monoisotopic (exact) mass is 937 g/mol. The normalized spacial score (nSPS) is 21.5. The minimum absolute atomic E-state index is 0.0391. The molecule has 0 unspecified atom stereocenters. The van der Waals surface area contributed by atoms with E-state index in [2.05, 4.69) is 225 Å². The average Bonchev–Trinajstić information content (AvgIpc) is 3.53. The van der Waals surface area contributed by atoms with Gasteiger partial charge in [-0.3, -0.25) is 0 Å². The van der Waals surface area contributed by atoms with E-state index in [0.29, 0.717) is 0 Å². The molecule has 0 radical (unpaired) electrons. The van der Waals surface area contributed by atoms with Crippen molar-refractivity contribution in [1.82, 2.24) is 0 Å². The van der Waals surface area contributed by atoms with Gasteiger partial charge in [0.2, 0.25) is 0 Å². The zero-order valence-corrected chi connectivity index (χ0v) is 46.9. The Morgan fingerprint density at radius 3 is 1.39 bits per heavy atom. The molecule has 0 fully saturated rings. The maximum absolute atomic E-state index is 2.79. The van der Waals surface area contributed by atoms with Crippen LogP contribution in [0.5, 0.6) is 0 Å². The third kappa shape index (κ3) is 6.51. The number of rotatable bonds is 2. The lowest BCUT2D eigenvalue weighted by Gasteiger charge is -2.49. The van der Waals surface area contributed by atoms with Crippen molar-refractivity contribution in [2.45, 2.75) is 206 Å². The van der Waals surface area contributed by atoms with Crippen molar-refractivity contribution in [2.24, 2.45) is 0 Å². The predicted octanol–water partition coefficient (Wildman–Crippen LogP) is 16.7. The lowest BCUT2D eigenvalue weighted by molar-refractivity contribution is 0.332. The Morgan fingerprint density at radius 2 is 0.873 bits per heavy atom. The molecule has 0 spiro atoms. The van der Waals surface area contributed by atoms with Crippen LogP contribution in [0.25, 0.3) is 11.1 Å². The fourth-order valence-corrected chi connectivity index (χ4v) is 15.2. The SMILES string of the molecule is Cc1cc2c3c(c1)N(c1ccc(C(C)(C)C)c4c1C(C)(C)c1ccccc1-4)c1cc4c(cc1B3c1cc3c(cc1N2c1ccc2c(c1)C(C)(C)CCC2(C)C)C(C)(C)CCC3(C)C)C(C)(C)CCC4(C)C. The summed E-state index contributed by atoms with van der Waals surface area (Å²) in [6, 6.07) is 38.0. The van der Waals surface area contributed by atoms with Gasteiger partial charge in [0, 0.05) is 33.9 Å². The molecular formula is C68H81BN2. The number of nitrogens with zero attached hydrogens (tertiary/aromatic N) is 2. The van der Waals surface area contributed by atoms with Gasteiger partial charge in [0.05, 0.1) is 5.69 Å². The number of anilines is 6. The zero-order chi connectivity index (χ0) is 50.7. The molecule has 6 aromatic carbocycles. The molecule has 2 aliphatic heterocycles. The Kier molecular flexibility index (Phi) is 9.53. The molecule has 366 valence electrons. The van der Waals surface area contributed by atoms with E-state index >= 15 is 0 Å². The van der Waals surface area contributed by atoms with Gasteiger partial charge in [0.1, 0.15) is 0 Å². The molecule has 0 amide bonds. The summed E-state index contributed by atoms with van der Waals surface area (Å²) in [5, 5.41) is 0. The fourth-order valence-electron chi connectivity index (χ4n) is 15.2. The van der Waals surface area contributed by atoms with Crippen molar-refractivity contribution in [3.8, 4) is 11.1 Å². The Bertz CT molecular complexity index is 3300. The maximum atomic E-state index is 2.79. The summed E-state index contributed by atoms with van der Waals surface area (Å²) in [4.78, 5) is 5.54. The zero-order valence-electron chi connectivity index (χ0n) is 46.9. The van der Waals surface area contributed by atoms with Crippen LogP contribution in [0.1, 0.15) is 212 Å². The lowest BCUT2D eigenvalue weighted by Crippen LogP contribution is -2.62. The van der Waals surface area contributed by atoms with Gasteiger partial charge in [-0.1, -0.05) is 166 Å². The molecule has 0 saturated heterocycles. The number of hydrogen-bond donors (Lipinski definition) is 0. The Balaban J connectivity index is 1.24. The standard InChI is InChI=1S/C68H81BN2/c1-40-33-56-60-57(34-40)71(53-26-25-45(61(2,3)4)58-42-21-19-20-22-43(42)68(17,18)59(53)58)55-39-50-48(65(11,12)30-32-67(50,15)16)37-52(55)69(60)51-36-47-49(66(13,14)31-29-64(47,9)10)38-54(51)70(56)41-23-24-44-46(35-41)63(7,8)28-27-62(44,5)6/h19-26,33-39H,27-32H2,1-18H3. The van der Waals surface area contributed by atoms with Gasteiger partial charge in [-0.05, 0) is 209 Å². The van der Waals surface area contributed by atoms with Crippen molar-refractivity contribution in [2.75, 3.05) is 9.80 Å². The van der Waals surface area contributed by atoms with Crippen LogP contribution in [0.4, 0.5) is 34.1 Å². The van der Waals surface area contributed by atoms with Crippen molar-refractivity contribution in [3.63, 3.8) is 0 Å². The summed E-state index contributed by atoms with van der Waals surface area (Å²) in [5.41, 5.74) is 30.1. The van der Waals surface area contributed by atoms with Crippen LogP contribution in [-0.2, 0) is 43.3 Å². The van der Waals surface area contributed by atoms with Crippen molar-refractivity contribution in [3.05, 3.63) is 147 Å². The molecule has 6 aromatic rings. The topological polar surface area (TPSA) is 6.48 Å². The Morgan fingerprint density at radius 1 is 0.423 bits per heavy atom. The highest BCUT2D eigenvalue weighted by Crippen LogP contribution is 2.59. The van der Waals surface area contributed by atoms with Gasteiger partial charge in [-0.25, -0.2) is 0 Å². The summed E-state index contributed by atoms with van der Waals surface area (Å²) >= 11 is 0. The first kappa shape index (κ1) is 47.0. The molecule has 0 saturated carbocycles. The maximum Gasteiger partial charge on any atom is 0.252 e. The van der Waals surface area contributed by atoms with Gasteiger partial charge in [0.15, 0.2) is 0 Å². The quantitative estimate of drug-likeness (QED) is 0.159. The van der Waals surface area contributed by atoms with Crippen LogP contribution >= 0.6 is 0 Å². The van der Waals surface area contributed by atoms with E-state index in [9.17, 15) is 0 Å². The van der Waals surface area contributed by atoms with Crippen LogP contribution in [0.15, 0.2) is 91.0 Å². The van der Waals surface area contributed by atoms with Gasteiger partial charge >= 0.3 is 0 Å². The number of benzene rings is 6. The molecule has 0 atom stereocenters.